The fourth-order valence-electron chi connectivity index (χ4n) is 2.35. The Morgan fingerprint density at radius 1 is 1.53 bits per heavy atom. The van der Waals surface area contributed by atoms with Crippen molar-refractivity contribution in [2.45, 2.75) is 43.7 Å². The molecule has 1 aliphatic rings. The SMILES string of the molecule is CC1(C)CCCN1S(=O)(=O)c1ccsc1CN. The van der Waals surface area contributed by atoms with Crippen molar-refractivity contribution in [3.05, 3.63) is 16.3 Å². The average molecular weight is 274 g/mol. The summed E-state index contributed by atoms with van der Waals surface area (Å²) in [7, 11) is -3.38. The molecule has 96 valence electrons. The smallest absolute Gasteiger partial charge is 0.244 e. The Labute approximate surface area is 106 Å². The third-order valence-corrected chi connectivity index (χ3v) is 6.55. The molecule has 0 radical (unpaired) electrons. The molecule has 0 aliphatic carbocycles. The normalized spacial score (nSPS) is 20.9. The van der Waals surface area contributed by atoms with E-state index >= 15 is 0 Å². The number of rotatable bonds is 3. The van der Waals surface area contributed by atoms with Crippen molar-refractivity contribution in [1.29, 1.82) is 0 Å². The van der Waals surface area contributed by atoms with Crippen LogP contribution in [-0.2, 0) is 16.6 Å². The predicted octanol–water partition coefficient (Wildman–Crippen LogP) is 1.77. The highest BCUT2D eigenvalue weighted by molar-refractivity contribution is 7.89. The molecule has 1 saturated heterocycles. The van der Waals surface area contributed by atoms with Crippen molar-refractivity contribution in [2.75, 3.05) is 6.54 Å². The number of thiophene rings is 1. The number of hydrogen-bond donors (Lipinski definition) is 1. The van der Waals surface area contributed by atoms with Gasteiger partial charge in [0.25, 0.3) is 0 Å². The van der Waals surface area contributed by atoms with Crippen LogP contribution in [0.1, 0.15) is 31.6 Å². The third kappa shape index (κ3) is 2.14. The molecule has 0 spiro atoms. The lowest BCUT2D eigenvalue weighted by molar-refractivity contribution is 0.291. The van der Waals surface area contributed by atoms with Crippen molar-refractivity contribution in [2.24, 2.45) is 5.73 Å². The molecule has 4 nitrogen and oxygen atoms in total. The molecular formula is C11H18N2O2S2. The first kappa shape index (κ1) is 13.0. The van der Waals surface area contributed by atoms with Crippen LogP contribution < -0.4 is 5.73 Å². The Morgan fingerprint density at radius 2 is 2.24 bits per heavy atom. The lowest BCUT2D eigenvalue weighted by Crippen LogP contribution is -2.42. The summed E-state index contributed by atoms with van der Waals surface area (Å²) in [5, 5.41) is 1.79. The standard InChI is InChI=1S/C11H18N2O2S2/c1-11(2)5-3-6-13(11)17(14,15)10-4-7-16-9(10)8-12/h4,7H,3,5-6,8,12H2,1-2H3. The Kier molecular flexibility index (Phi) is 3.33. The second-order valence-electron chi connectivity index (χ2n) is 4.91. The highest BCUT2D eigenvalue weighted by Crippen LogP contribution is 2.35. The summed E-state index contributed by atoms with van der Waals surface area (Å²) in [6.07, 6.45) is 1.84. The van der Waals surface area contributed by atoms with Crippen LogP contribution in [0.5, 0.6) is 0 Å². The summed E-state index contributed by atoms with van der Waals surface area (Å²) in [4.78, 5) is 1.13. The van der Waals surface area contributed by atoms with E-state index in [1.807, 2.05) is 13.8 Å². The van der Waals surface area contributed by atoms with Gasteiger partial charge in [-0.1, -0.05) is 0 Å². The quantitative estimate of drug-likeness (QED) is 0.913. The Morgan fingerprint density at radius 3 is 2.76 bits per heavy atom. The van der Waals surface area contributed by atoms with Gasteiger partial charge in [0.1, 0.15) is 0 Å². The maximum absolute atomic E-state index is 12.6. The van der Waals surface area contributed by atoms with E-state index in [0.717, 1.165) is 17.7 Å². The molecule has 0 aromatic carbocycles. The summed E-state index contributed by atoms with van der Waals surface area (Å²) in [6, 6.07) is 1.66. The maximum Gasteiger partial charge on any atom is 0.244 e. The number of hydrogen-bond acceptors (Lipinski definition) is 4. The highest BCUT2D eigenvalue weighted by atomic mass is 32.2. The van der Waals surface area contributed by atoms with Crippen LogP contribution in [0.2, 0.25) is 0 Å². The van der Waals surface area contributed by atoms with Crippen LogP contribution in [0.4, 0.5) is 0 Å². The third-order valence-electron chi connectivity index (χ3n) is 3.28. The molecule has 0 amide bonds. The van der Waals surface area contributed by atoms with Crippen LogP contribution in [0.25, 0.3) is 0 Å². The fraction of sp³-hybridized carbons (Fsp3) is 0.636. The number of sulfonamides is 1. The summed E-state index contributed by atoms with van der Waals surface area (Å²) >= 11 is 1.40. The lowest BCUT2D eigenvalue weighted by atomic mass is 10.0. The molecule has 0 unspecified atom stereocenters. The van der Waals surface area contributed by atoms with Gasteiger partial charge in [-0.25, -0.2) is 8.42 Å². The van der Waals surface area contributed by atoms with E-state index in [1.165, 1.54) is 11.3 Å². The van der Waals surface area contributed by atoms with Gasteiger partial charge < -0.3 is 5.73 Å². The van der Waals surface area contributed by atoms with Gasteiger partial charge in [0, 0.05) is 23.5 Å². The molecule has 0 atom stereocenters. The van der Waals surface area contributed by atoms with Crippen molar-refractivity contribution in [3.8, 4) is 0 Å². The molecule has 2 rings (SSSR count). The molecule has 0 saturated carbocycles. The molecule has 1 aromatic heterocycles. The van der Waals surface area contributed by atoms with Crippen molar-refractivity contribution < 1.29 is 8.42 Å². The predicted molar refractivity (Wildman–Crippen MR) is 69.4 cm³/mol. The van der Waals surface area contributed by atoms with Crippen LogP contribution in [0, 0.1) is 0 Å². The first-order chi connectivity index (χ1) is 7.89. The molecule has 1 aliphatic heterocycles. The summed E-state index contributed by atoms with van der Waals surface area (Å²) < 4.78 is 26.7. The second-order valence-corrected chi connectivity index (χ2v) is 7.74. The minimum atomic E-state index is -3.38. The van der Waals surface area contributed by atoms with Gasteiger partial charge in [0.2, 0.25) is 10.0 Å². The lowest BCUT2D eigenvalue weighted by Gasteiger charge is -2.30. The van der Waals surface area contributed by atoms with Crippen molar-refractivity contribution in [1.82, 2.24) is 4.31 Å². The van der Waals surface area contributed by atoms with E-state index in [-0.39, 0.29) is 12.1 Å². The first-order valence-electron chi connectivity index (χ1n) is 5.69. The van der Waals surface area contributed by atoms with E-state index in [1.54, 1.807) is 15.8 Å². The topological polar surface area (TPSA) is 63.4 Å². The molecule has 6 heteroatoms. The summed E-state index contributed by atoms with van der Waals surface area (Å²) in [5.41, 5.74) is 5.30. The largest absolute Gasteiger partial charge is 0.326 e. The zero-order valence-electron chi connectivity index (χ0n) is 10.1. The van der Waals surface area contributed by atoms with E-state index in [9.17, 15) is 8.42 Å². The van der Waals surface area contributed by atoms with Crippen molar-refractivity contribution in [3.63, 3.8) is 0 Å². The van der Waals surface area contributed by atoms with Crippen LogP contribution in [0.3, 0.4) is 0 Å². The van der Waals surface area contributed by atoms with E-state index < -0.39 is 10.0 Å². The highest BCUT2D eigenvalue weighted by Gasteiger charge is 2.41. The molecular weight excluding hydrogens is 256 g/mol. The summed E-state index contributed by atoms with van der Waals surface area (Å²) in [6.45, 7) is 4.84. The minimum absolute atomic E-state index is 0.278. The van der Waals surface area contributed by atoms with Crippen molar-refractivity contribution >= 4 is 21.4 Å². The molecule has 17 heavy (non-hydrogen) atoms. The van der Waals surface area contributed by atoms with E-state index in [2.05, 4.69) is 0 Å². The van der Waals surface area contributed by atoms with Gasteiger partial charge in [0.05, 0.1) is 4.90 Å². The van der Waals surface area contributed by atoms with E-state index in [4.69, 9.17) is 5.73 Å². The summed E-state index contributed by atoms with van der Waals surface area (Å²) in [5.74, 6) is 0. The number of nitrogens with two attached hydrogens (primary N) is 1. The van der Waals surface area contributed by atoms with Gasteiger partial charge in [-0.2, -0.15) is 4.31 Å². The van der Waals surface area contributed by atoms with Crippen LogP contribution >= 0.6 is 11.3 Å². The van der Waals surface area contributed by atoms with Gasteiger partial charge in [-0.15, -0.1) is 11.3 Å². The molecule has 2 heterocycles. The monoisotopic (exact) mass is 274 g/mol. The molecule has 2 N–H and O–H groups in total. The Balaban J connectivity index is 2.44. The maximum atomic E-state index is 12.6. The van der Waals surface area contributed by atoms with Gasteiger partial charge >= 0.3 is 0 Å². The Hall–Kier alpha value is -0.430. The Bertz CT molecular complexity index is 505. The average Bonchev–Trinajstić information content (AvgIpc) is 2.83. The van der Waals surface area contributed by atoms with Gasteiger partial charge in [0.15, 0.2) is 0 Å². The molecule has 0 bridgehead atoms. The van der Waals surface area contributed by atoms with E-state index in [0.29, 0.717) is 11.4 Å². The fourth-order valence-corrected chi connectivity index (χ4v) is 5.51. The molecule has 1 fully saturated rings. The number of nitrogens with zero attached hydrogens (tertiary/aromatic N) is 1. The van der Waals surface area contributed by atoms with Crippen LogP contribution in [-0.4, -0.2) is 24.8 Å². The van der Waals surface area contributed by atoms with Crippen LogP contribution in [0.15, 0.2) is 16.3 Å². The second kappa shape index (κ2) is 4.35. The first-order valence-corrected chi connectivity index (χ1v) is 8.01. The molecule has 1 aromatic rings. The zero-order chi connectivity index (χ0) is 12.7. The zero-order valence-corrected chi connectivity index (χ0v) is 11.8. The van der Waals surface area contributed by atoms with Gasteiger partial charge in [-0.3, -0.25) is 0 Å². The van der Waals surface area contributed by atoms with Gasteiger partial charge in [-0.05, 0) is 38.1 Å². The minimum Gasteiger partial charge on any atom is -0.326 e.